The zero-order chi connectivity index (χ0) is 31.5. The number of nitrogens with zero attached hydrogens (tertiary/aromatic N) is 3. The van der Waals surface area contributed by atoms with Crippen molar-refractivity contribution in [1.29, 1.82) is 0 Å². The number of ether oxygens (including phenoxy) is 1. The van der Waals surface area contributed by atoms with Crippen LogP contribution in [0, 0.1) is 5.41 Å². The summed E-state index contributed by atoms with van der Waals surface area (Å²) in [6.45, 7) is 2.25. The molecule has 2 bridgehead atoms. The number of benzene rings is 2. The van der Waals surface area contributed by atoms with E-state index in [1.807, 2.05) is 18.2 Å². The Morgan fingerprint density at radius 1 is 0.978 bits per heavy atom. The molecule has 10 heteroatoms. The minimum atomic E-state index is -3.68. The number of hydrogen-bond donors (Lipinski definition) is 1. The first-order chi connectivity index (χ1) is 22.2. The maximum Gasteiger partial charge on any atom is 0.264 e. The molecule has 0 spiro atoms. The van der Waals surface area contributed by atoms with Crippen LogP contribution in [-0.2, 0) is 21.4 Å². The van der Waals surface area contributed by atoms with Gasteiger partial charge in [-0.1, -0.05) is 25.3 Å². The molecule has 242 valence electrons. The van der Waals surface area contributed by atoms with Gasteiger partial charge < -0.3 is 14.2 Å². The van der Waals surface area contributed by atoms with E-state index in [1.165, 1.54) is 30.4 Å². The summed E-state index contributed by atoms with van der Waals surface area (Å²) in [6, 6.07) is 12.7. The summed E-state index contributed by atoms with van der Waals surface area (Å²) in [5, 5.41) is 0.628. The molecular weight excluding hydrogens is 600 g/mol. The van der Waals surface area contributed by atoms with Gasteiger partial charge in [0, 0.05) is 59.7 Å². The van der Waals surface area contributed by atoms with Gasteiger partial charge in [-0.05, 0) is 92.9 Å². The summed E-state index contributed by atoms with van der Waals surface area (Å²) in [5.74, 6) is 0.933. The van der Waals surface area contributed by atoms with Gasteiger partial charge >= 0.3 is 0 Å². The Morgan fingerprint density at radius 2 is 1.78 bits per heavy atom. The molecule has 0 radical (unpaired) electrons. The van der Waals surface area contributed by atoms with Gasteiger partial charge in [-0.15, -0.1) is 0 Å². The summed E-state index contributed by atoms with van der Waals surface area (Å²) in [6.07, 6.45) is 8.84. The number of amides is 2. The standard InChI is InChI=1S/C36H42N4O5S/c1-38-18-24-15-23(38)19-39(24)35(42)36-17-30(36)29-16-25(45-2)9-13-27(29)33-32(21-6-4-3-5-7-21)28-12-8-22(14-31(28)40(33)20-36)34(41)37-46(43,44)26-10-11-26/h8-9,12-14,16,21,23-24,26,30H,3-7,10-11,15,17-20H2,1-2H3,(H,37,41)/t23-,24-,30?,36?/m0/s1. The smallest absolute Gasteiger partial charge is 0.264 e. The third-order valence-corrected chi connectivity index (χ3v) is 14.0. The second kappa shape index (κ2) is 10.1. The van der Waals surface area contributed by atoms with Crippen molar-refractivity contribution in [2.24, 2.45) is 5.41 Å². The van der Waals surface area contributed by atoms with Gasteiger partial charge in [0.25, 0.3) is 5.91 Å². The first-order valence-corrected chi connectivity index (χ1v) is 18.6. The number of aromatic nitrogens is 1. The SMILES string of the molecule is COc1ccc2c(c1)C1CC1(C(=O)N1C[C@@H]3C[C@H]1CN3C)Cn1c-2c(C2CCCCC2)c2ccc(C(=O)NS(=O)(=O)C3CC3)cc21. The monoisotopic (exact) mass is 642 g/mol. The summed E-state index contributed by atoms with van der Waals surface area (Å²) in [7, 11) is 0.174. The normalized spacial score (nSPS) is 28.8. The topological polar surface area (TPSA) is 101 Å². The van der Waals surface area contributed by atoms with E-state index in [2.05, 4.69) is 38.3 Å². The Labute approximate surface area is 270 Å². The van der Waals surface area contributed by atoms with E-state index in [9.17, 15) is 18.0 Å². The molecule has 4 atom stereocenters. The lowest BCUT2D eigenvalue weighted by Crippen LogP contribution is -2.50. The van der Waals surface area contributed by atoms with Crippen LogP contribution in [0.4, 0.5) is 0 Å². The molecular formula is C36H42N4O5S. The fraction of sp³-hybridized carbons (Fsp3) is 0.556. The van der Waals surface area contributed by atoms with Crippen molar-refractivity contribution in [1.82, 2.24) is 19.1 Å². The van der Waals surface area contributed by atoms with Gasteiger partial charge in [0.1, 0.15) is 5.75 Å². The maximum absolute atomic E-state index is 14.8. The van der Waals surface area contributed by atoms with Crippen LogP contribution < -0.4 is 9.46 Å². The number of rotatable bonds is 6. The number of fused-ring (bicyclic) bond motifs is 9. The largest absolute Gasteiger partial charge is 0.497 e. The van der Waals surface area contributed by atoms with E-state index >= 15 is 0 Å². The quantitative estimate of drug-likeness (QED) is 0.407. The summed E-state index contributed by atoms with van der Waals surface area (Å²) in [5.41, 5.74) is 5.48. The summed E-state index contributed by atoms with van der Waals surface area (Å²) >= 11 is 0. The number of piperazine rings is 1. The summed E-state index contributed by atoms with van der Waals surface area (Å²) in [4.78, 5) is 32.7. The Kier molecular flexibility index (Phi) is 6.31. The van der Waals surface area contributed by atoms with Gasteiger partial charge in [-0.3, -0.25) is 14.5 Å². The molecule has 46 heavy (non-hydrogen) atoms. The lowest BCUT2D eigenvalue weighted by Gasteiger charge is -2.35. The molecule has 3 saturated carbocycles. The van der Waals surface area contributed by atoms with E-state index in [4.69, 9.17) is 4.74 Å². The second-order valence-electron chi connectivity index (χ2n) is 14.9. The van der Waals surface area contributed by atoms with Crippen LogP contribution in [0.2, 0.25) is 0 Å². The molecule has 1 N–H and O–H groups in total. The van der Waals surface area contributed by atoms with E-state index in [0.717, 1.165) is 66.7 Å². The van der Waals surface area contributed by atoms with Gasteiger partial charge in [-0.2, -0.15) is 0 Å². The molecule has 6 aliphatic rings. The van der Waals surface area contributed by atoms with Crippen molar-refractivity contribution in [3.8, 4) is 17.0 Å². The van der Waals surface area contributed by atoms with Crippen LogP contribution in [0.5, 0.6) is 5.75 Å². The van der Waals surface area contributed by atoms with Crippen LogP contribution >= 0.6 is 0 Å². The highest BCUT2D eigenvalue weighted by Crippen LogP contribution is 2.66. The highest BCUT2D eigenvalue weighted by molar-refractivity contribution is 7.91. The maximum atomic E-state index is 14.8. The molecule has 3 aliphatic carbocycles. The number of likely N-dealkylation sites (N-methyl/N-ethyl adjacent to an activating group) is 1. The van der Waals surface area contributed by atoms with Crippen molar-refractivity contribution in [3.63, 3.8) is 0 Å². The zero-order valence-electron chi connectivity index (χ0n) is 26.6. The molecule has 1 aromatic heterocycles. The average Bonchev–Trinajstić information content (AvgIpc) is 3.95. The van der Waals surface area contributed by atoms with Gasteiger partial charge in [0.05, 0.1) is 23.5 Å². The van der Waals surface area contributed by atoms with Gasteiger partial charge in [0.15, 0.2) is 0 Å². The van der Waals surface area contributed by atoms with Gasteiger partial charge in [-0.25, -0.2) is 13.1 Å². The molecule has 2 amide bonds. The predicted octanol–water partition coefficient (Wildman–Crippen LogP) is 4.99. The number of methoxy groups -OCH3 is 1. The number of hydrogen-bond acceptors (Lipinski definition) is 6. The lowest BCUT2D eigenvalue weighted by molar-refractivity contribution is -0.140. The third-order valence-electron chi connectivity index (χ3n) is 12.2. The molecule has 4 heterocycles. The van der Waals surface area contributed by atoms with Crippen LogP contribution in [0.1, 0.15) is 91.1 Å². The minimum absolute atomic E-state index is 0.0891. The van der Waals surface area contributed by atoms with Crippen molar-refractivity contribution in [3.05, 3.63) is 53.1 Å². The van der Waals surface area contributed by atoms with Crippen LogP contribution in [0.25, 0.3) is 22.2 Å². The predicted molar refractivity (Wildman–Crippen MR) is 175 cm³/mol. The first kappa shape index (κ1) is 28.8. The fourth-order valence-corrected chi connectivity index (χ4v) is 10.8. The molecule has 3 aromatic rings. The number of nitrogens with one attached hydrogen (secondary N) is 1. The van der Waals surface area contributed by atoms with E-state index in [-0.39, 0.29) is 17.9 Å². The second-order valence-corrected chi connectivity index (χ2v) is 16.9. The number of sulfonamides is 1. The fourth-order valence-electron chi connectivity index (χ4n) is 9.47. The van der Waals surface area contributed by atoms with Crippen LogP contribution in [0.15, 0.2) is 36.4 Å². The van der Waals surface area contributed by atoms with E-state index in [1.54, 1.807) is 13.2 Å². The van der Waals surface area contributed by atoms with Crippen LogP contribution in [-0.4, -0.2) is 79.2 Å². The minimum Gasteiger partial charge on any atom is -0.497 e. The molecule has 2 saturated heterocycles. The Morgan fingerprint density at radius 3 is 2.48 bits per heavy atom. The number of carbonyl (C=O) groups excluding carboxylic acids is 2. The Balaban J connectivity index is 1.22. The van der Waals surface area contributed by atoms with Crippen molar-refractivity contribution in [2.45, 2.75) is 93.5 Å². The average molecular weight is 643 g/mol. The number of carbonyl (C=O) groups is 2. The highest BCUT2D eigenvalue weighted by Gasteiger charge is 2.65. The third kappa shape index (κ3) is 4.24. The van der Waals surface area contributed by atoms with Crippen molar-refractivity contribution in [2.75, 3.05) is 27.2 Å². The number of likely N-dealkylation sites (tertiary alicyclic amines) is 2. The molecule has 9 rings (SSSR count). The first-order valence-electron chi connectivity index (χ1n) is 17.1. The Bertz CT molecular complexity index is 1910. The molecule has 3 aliphatic heterocycles. The zero-order valence-corrected chi connectivity index (χ0v) is 27.4. The Hall–Kier alpha value is -3.37. The highest BCUT2D eigenvalue weighted by atomic mass is 32.2. The lowest BCUT2D eigenvalue weighted by atomic mass is 9.81. The van der Waals surface area contributed by atoms with Gasteiger partial charge in [0.2, 0.25) is 15.9 Å². The molecule has 5 fully saturated rings. The molecule has 9 nitrogen and oxygen atoms in total. The van der Waals surface area contributed by atoms with Crippen molar-refractivity contribution < 1.29 is 22.7 Å². The van der Waals surface area contributed by atoms with Crippen molar-refractivity contribution >= 4 is 32.7 Å². The van der Waals surface area contributed by atoms with E-state index in [0.29, 0.717) is 36.9 Å². The molecule has 2 unspecified atom stereocenters. The summed E-state index contributed by atoms with van der Waals surface area (Å²) < 4.78 is 35.8. The van der Waals surface area contributed by atoms with E-state index < -0.39 is 26.6 Å². The molecule has 2 aromatic carbocycles. The van der Waals surface area contributed by atoms with Crippen LogP contribution in [0.3, 0.4) is 0 Å².